The Kier molecular flexibility index (Phi) is 4.02. The van der Waals surface area contributed by atoms with Gasteiger partial charge in [-0.1, -0.05) is 18.2 Å². The molecule has 1 fully saturated rings. The van der Waals surface area contributed by atoms with Gasteiger partial charge < -0.3 is 9.80 Å². The zero-order valence-electron chi connectivity index (χ0n) is 14.9. The van der Waals surface area contributed by atoms with E-state index in [9.17, 15) is 0 Å². The first-order chi connectivity index (χ1) is 11.6. The standard InChI is InChI=1S/C20H26N4/c1-15-14-21-16(2)24-19-7-5-4-6-17(19)18(20(15)24)8-9-23-12-10-22(3)11-13-23/h4-7,14H,8-13H2,1-3H3. The van der Waals surface area contributed by atoms with Gasteiger partial charge in [0.05, 0.1) is 11.0 Å². The van der Waals surface area contributed by atoms with Crippen LogP contribution in [0.3, 0.4) is 0 Å². The molecule has 0 spiro atoms. The normalized spacial score (nSPS) is 17.1. The fraction of sp³-hybridized carbons (Fsp3) is 0.450. The number of rotatable bonds is 3. The van der Waals surface area contributed by atoms with Crippen LogP contribution in [0, 0.1) is 13.8 Å². The van der Waals surface area contributed by atoms with E-state index in [2.05, 4.69) is 64.3 Å². The molecule has 1 aromatic carbocycles. The summed E-state index contributed by atoms with van der Waals surface area (Å²) in [6.07, 6.45) is 3.12. The summed E-state index contributed by atoms with van der Waals surface area (Å²) >= 11 is 0. The van der Waals surface area contributed by atoms with Crippen LogP contribution < -0.4 is 0 Å². The molecule has 4 heteroatoms. The van der Waals surface area contributed by atoms with Crippen molar-refractivity contribution >= 4 is 16.4 Å². The molecular weight excluding hydrogens is 296 g/mol. The van der Waals surface area contributed by atoms with Gasteiger partial charge >= 0.3 is 0 Å². The van der Waals surface area contributed by atoms with E-state index in [4.69, 9.17) is 0 Å². The summed E-state index contributed by atoms with van der Waals surface area (Å²) in [4.78, 5) is 9.59. The minimum atomic E-state index is 1.07. The van der Waals surface area contributed by atoms with E-state index in [1.165, 1.54) is 53.7 Å². The van der Waals surface area contributed by atoms with Crippen LogP contribution in [0.2, 0.25) is 0 Å². The van der Waals surface area contributed by atoms with Crippen molar-refractivity contribution in [2.75, 3.05) is 39.8 Å². The summed E-state index contributed by atoms with van der Waals surface area (Å²) < 4.78 is 2.34. The molecule has 0 aliphatic carbocycles. The van der Waals surface area contributed by atoms with Crippen LogP contribution in [0.25, 0.3) is 16.4 Å². The van der Waals surface area contributed by atoms with Gasteiger partial charge in [-0.2, -0.15) is 0 Å². The van der Waals surface area contributed by atoms with Crippen LogP contribution in [0.15, 0.2) is 30.5 Å². The Hall–Kier alpha value is -1.91. The number of piperazine rings is 1. The van der Waals surface area contributed by atoms with Crippen LogP contribution in [-0.2, 0) is 6.42 Å². The van der Waals surface area contributed by atoms with Crippen molar-refractivity contribution in [2.24, 2.45) is 0 Å². The number of para-hydroxylation sites is 1. The van der Waals surface area contributed by atoms with Crippen molar-refractivity contribution in [2.45, 2.75) is 20.3 Å². The topological polar surface area (TPSA) is 23.8 Å². The lowest BCUT2D eigenvalue weighted by Gasteiger charge is -2.32. The number of nitrogens with zero attached hydrogens (tertiary/aromatic N) is 4. The molecule has 0 amide bonds. The second-order valence-electron chi connectivity index (χ2n) is 7.06. The molecule has 0 unspecified atom stereocenters. The first kappa shape index (κ1) is 15.6. The molecule has 1 saturated heterocycles. The minimum Gasteiger partial charge on any atom is -0.304 e. The first-order valence-electron chi connectivity index (χ1n) is 8.90. The number of aryl methyl sites for hydroxylation is 2. The summed E-state index contributed by atoms with van der Waals surface area (Å²) in [5.74, 6) is 1.07. The maximum atomic E-state index is 4.58. The highest BCUT2D eigenvalue weighted by atomic mass is 15.2. The molecule has 3 heterocycles. The zero-order valence-corrected chi connectivity index (χ0v) is 14.9. The van der Waals surface area contributed by atoms with Gasteiger partial charge in [0.25, 0.3) is 0 Å². The molecule has 0 saturated carbocycles. The summed E-state index contributed by atoms with van der Waals surface area (Å²) in [5, 5.41) is 1.38. The molecule has 1 aliphatic heterocycles. The molecule has 4 nitrogen and oxygen atoms in total. The molecule has 0 bridgehead atoms. The predicted octanol–water partition coefficient (Wildman–Crippen LogP) is 2.89. The minimum absolute atomic E-state index is 1.07. The highest BCUT2D eigenvalue weighted by Crippen LogP contribution is 2.30. The number of hydrogen-bond acceptors (Lipinski definition) is 3. The molecule has 0 N–H and O–H groups in total. The lowest BCUT2D eigenvalue weighted by Crippen LogP contribution is -2.45. The maximum absolute atomic E-state index is 4.58. The summed E-state index contributed by atoms with van der Waals surface area (Å²) in [5.41, 5.74) is 5.39. The van der Waals surface area contributed by atoms with Gasteiger partial charge in [0, 0.05) is 44.3 Å². The van der Waals surface area contributed by atoms with Gasteiger partial charge in [-0.25, -0.2) is 4.98 Å². The quantitative estimate of drug-likeness (QED) is 0.741. The van der Waals surface area contributed by atoms with E-state index < -0.39 is 0 Å². The highest BCUT2D eigenvalue weighted by molar-refractivity contribution is 5.93. The van der Waals surface area contributed by atoms with E-state index in [0.29, 0.717) is 0 Å². The van der Waals surface area contributed by atoms with Crippen LogP contribution >= 0.6 is 0 Å². The Bertz CT molecular complexity index is 872. The van der Waals surface area contributed by atoms with Crippen molar-refractivity contribution in [3.63, 3.8) is 0 Å². The van der Waals surface area contributed by atoms with Crippen molar-refractivity contribution in [3.05, 3.63) is 47.4 Å². The van der Waals surface area contributed by atoms with Crippen LogP contribution in [0.5, 0.6) is 0 Å². The maximum Gasteiger partial charge on any atom is 0.110 e. The van der Waals surface area contributed by atoms with E-state index >= 15 is 0 Å². The average Bonchev–Trinajstić information content (AvgIpc) is 2.94. The van der Waals surface area contributed by atoms with Gasteiger partial charge in [0.1, 0.15) is 5.82 Å². The number of aromatic nitrogens is 2. The van der Waals surface area contributed by atoms with Gasteiger partial charge in [0.15, 0.2) is 0 Å². The van der Waals surface area contributed by atoms with Gasteiger partial charge in [-0.05, 0) is 44.5 Å². The number of fused-ring (bicyclic) bond motifs is 3. The van der Waals surface area contributed by atoms with Gasteiger partial charge in [-0.3, -0.25) is 4.40 Å². The third-order valence-corrected chi connectivity index (χ3v) is 5.40. The lowest BCUT2D eigenvalue weighted by atomic mass is 10.1. The average molecular weight is 322 g/mol. The van der Waals surface area contributed by atoms with Crippen molar-refractivity contribution in [1.82, 2.24) is 19.2 Å². The Morgan fingerprint density at radius 1 is 1.04 bits per heavy atom. The fourth-order valence-corrected chi connectivity index (χ4v) is 3.96. The third-order valence-electron chi connectivity index (χ3n) is 5.40. The van der Waals surface area contributed by atoms with E-state index in [1.54, 1.807) is 0 Å². The zero-order chi connectivity index (χ0) is 16.7. The third kappa shape index (κ3) is 2.60. The molecule has 4 rings (SSSR count). The Labute approximate surface area is 143 Å². The van der Waals surface area contributed by atoms with Gasteiger partial charge in [0.2, 0.25) is 0 Å². The largest absolute Gasteiger partial charge is 0.304 e. The van der Waals surface area contributed by atoms with Crippen molar-refractivity contribution in [1.29, 1.82) is 0 Å². The second-order valence-corrected chi connectivity index (χ2v) is 7.06. The molecule has 3 aromatic rings. The number of likely N-dealkylation sites (N-methyl/N-ethyl adjacent to an activating group) is 1. The summed E-state index contributed by atoms with van der Waals surface area (Å²) in [7, 11) is 2.21. The van der Waals surface area contributed by atoms with E-state index in [0.717, 1.165) is 18.8 Å². The SMILES string of the molecule is Cc1cnc(C)n2c1c(CCN1CCN(C)CC1)c1ccccc12. The fourth-order valence-electron chi connectivity index (χ4n) is 3.96. The summed E-state index contributed by atoms with van der Waals surface area (Å²) in [6.45, 7) is 10.1. The molecule has 126 valence electrons. The Morgan fingerprint density at radius 3 is 2.58 bits per heavy atom. The van der Waals surface area contributed by atoms with Crippen molar-refractivity contribution in [3.8, 4) is 0 Å². The van der Waals surface area contributed by atoms with Crippen LogP contribution in [0.1, 0.15) is 17.0 Å². The Morgan fingerprint density at radius 2 is 1.79 bits per heavy atom. The van der Waals surface area contributed by atoms with E-state index in [1.807, 2.05) is 6.20 Å². The van der Waals surface area contributed by atoms with E-state index in [-0.39, 0.29) is 0 Å². The lowest BCUT2D eigenvalue weighted by molar-refractivity contribution is 0.155. The molecular formula is C20H26N4. The highest BCUT2D eigenvalue weighted by Gasteiger charge is 2.18. The smallest absolute Gasteiger partial charge is 0.110 e. The molecule has 24 heavy (non-hydrogen) atoms. The number of hydrogen-bond donors (Lipinski definition) is 0. The monoisotopic (exact) mass is 322 g/mol. The second kappa shape index (κ2) is 6.19. The molecule has 0 atom stereocenters. The molecule has 1 aliphatic rings. The number of benzene rings is 1. The predicted molar refractivity (Wildman–Crippen MR) is 99.8 cm³/mol. The van der Waals surface area contributed by atoms with Crippen LogP contribution in [0.4, 0.5) is 0 Å². The first-order valence-corrected chi connectivity index (χ1v) is 8.90. The molecule has 2 aromatic heterocycles. The van der Waals surface area contributed by atoms with Crippen molar-refractivity contribution < 1.29 is 0 Å². The Balaban J connectivity index is 1.74. The molecule has 0 radical (unpaired) electrons. The van der Waals surface area contributed by atoms with Crippen LogP contribution in [-0.4, -0.2) is 59.0 Å². The summed E-state index contributed by atoms with van der Waals surface area (Å²) in [6, 6.07) is 8.76. The van der Waals surface area contributed by atoms with Gasteiger partial charge in [-0.15, -0.1) is 0 Å².